The Labute approximate surface area is 201 Å². The molecular weight excluding hydrogens is 458 g/mol. The molecule has 0 spiro atoms. The number of carbonyl (C=O) groups excluding carboxylic acids is 2. The molecule has 1 aliphatic heterocycles. The molecule has 9 heteroatoms. The highest BCUT2D eigenvalue weighted by atomic mass is 19.2. The van der Waals surface area contributed by atoms with E-state index in [1.165, 1.54) is 4.90 Å². The third kappa shape index (κ3) is 4.47. The second kappa shape index (κ2) is 9.28. The summed E-state index contributed by atoms with van der Waals surface area (Å²) < 4.78 is 34.4. The minimum Gasteiger partial charge on any atom is -0.481 e. The molecule has 2 amide bonds. The summed E-state index contributed by atoms with van der Waals surface area (Å²) in [6.07, 6.45) is 1.77. The van der Waals surface area contributed by atoms with E-state index in [0.29, 0.717) is 18.4 Å². The number of carbonyl (C=O) groups is 3. The molecule has 2 fully saturated rings. The van der Waals surface area contributed by atoms with Crippen LogP contribution in [-0.4, -0.2) is 40.1 Å². The first-order valence-electron chi connectivity index (χ1n) is 11.9. The molecule has 2 saturated carbocycles. The molecule has 2 aromatic rings. The smallest absolute Gasteiger partial charge is 0.414 e. The van der Waals surface area contributed by atoms with Crippen LogP contribution in [0.25, 0.3) is 0 Å². The fraction of sp³-hybridized carbons (Fsp3) is 0.423. The SMILES string of the molecule is O=C(O)CCC(=O)N(C1CC1)C1c2cc(F)c(F)cc2N(C(=O)OCc2ccccc2)C2CCC21. The molecule has 2 aromatic carbocycles. The molecule has 5 rings (SSSR count). The van der Waals surface area contributed by atoms with Crippen molar-refractivity contribution in [3.8, 4) is 0 Å². The highest BCUT2D eigenvalue weighted by Gasteiger charge is 2.54. The Balaban J connectivity index is 1.49. The van der Waals surface area contributed by atoms with Crippen molar-refractivity contribution in [1.82, 2.24) is 4.90 Å². The molecule has 1 N–H and O–H groups in total. The Morgan fingerprint density at radius 1 is 1.00 bits per heavy atom. The van der Waals surface area contributed by atoms with E-state index in [9.17, 15) is 23.2 Å². The van der Waals surface area contributed by atoms with Crippen LogP contribution in [0.5, 0.6) is 0 Å². The Morgan fingerprint density at radius 2 is 1.71 bits per heavy atom. The zero-order chi connectivity index (χ0) is 24.7. The second-order valence-corrected chi connectivity index (χ2v) is 9.41. The fourth-order valence-electron chi connectivity index (χ4n) is 5.26. The molecule has 1 heterocycles. The van der Waals surface area contributed by atoms with Gasteiger partial charge in [0.15, 0.2) is 11.6 Å². The molecule has 0 saturated heterocycles. The van der Waals surface area contributed by atoms with E-state index in [2.05, 4.69) is 0 Å². The predicted octanol–water partition coefficient (Wildman–Crippen LogP) is 4.80. The number of anilines is 1. The Morgan fingerprint density at radius 3 is 2.34 bits per heavy atom. The second-order valence-electron chi connectivity index (χ2n) is 9.41. The average Bonchev–Trinajstić information content (AvgIpc) is 3.65. The molecule has 3 aliphatic rings. The van der Waals surface area contributed by atoms with Crippen molar-refractivity contribution in [2.45, 2.75) is 63.3 Å². The summed E-state index contributed by atoms with van der Waals surface area (Å²) in [4.78, 5) is 40.5. The van der Waals surface area contributed by atoms with E-state index in [1.807, 2.05) is 30.3 Å². The van der Waals surface area contributed by atoms with Gasteiger partial charge in [-0.3, -0.25) is 14.5 Å². The number of amides is 2. The molecule has 35 heavy (non-hydrogen) atoms. The molecule has 0 radical (unpaired) electrons. The molecule has 2 aliphatic carbocycles. The topological polar surface area (TPSA) is 87.2 Å². The van der Waals surface area contributed by atoms with Crippen molar-refractivity contribution >= 4 is 23.7 Å². The van der Waals surface area contributed by atoms with Crippen LogP contribution < -0.4 is 4.90 Å². The van der Waals surface area contributed by atoms with Crippen molar-refractivity contribution in [2.75, 3.05) is 4.90 Å². The van der Waals surface area contributed by atoms with Crippen LogP contribution in [0.2, 0.25) is 0 Å². The van der Waals surface area contributed by atoms with E-state index < -0.39 is 29.7 Å². The van der Waals surface area contributed by atoms with Gasteiger partial charge in [-0.1, -0.05) is 30.3 Å². The standard InChI is InChI=1S/C26H26F2N2O5/c27-19-12-18-22(13-20(19)28)30(26(34)35-14-15-4-2-1-3-5-15)21-9-8-17(21)25(18)29(16-6-7-16)23(31)10-11-24(32)33/h1-5,12-13,16-17,21,25H,6-11,14H2,(H,32,33). The van der Waals surface area contributed by atoms with Gasteiger partial charge in [0.1, 0.15) is 6.61 Å². The van der Waals surface area contributed by atoms with E-state index in [0.717, 1.165) is 30.5 Å². The number of benzene rings is 2. The van der Waals surface area contributed by atoms with Gasteiger partial charge in [-0.25, -0.2) is 13.6 Å². The number of nitrogens with zero attached hydrogens (tertiary/aromatic N) is 2. The third-order valence-corrected chi connectivity index (χ3v) is 7.16. The lowest BCUT2D eigenvalue weighted by Gasteiger charge is -2.54. The summed E-state index contributed by atoms with van der Waals surface area (Å²) in [7, 11) is 0. The quantitative estimate of drug-likeness (QED) is 0.610. The van der Waals surface area contributed by atoms with Crippen molar-refractivity contribution in [2.24, 2.45) is 5.92 Å². The first-order valence-corrected chi connectivity index (χ1v) is 11.9. The van der Waals surface area contributed by atoms with Crippen LogP contribution in [-0.2, 0) is 20.9 Å². The summed E-state index contributed by atoms with van der Waals surface area (Å²) in [6, 6.07) is 10.3. The zero-order valence-corrected chi connectivity index (χ0v) is 19.0. The molecular formula is C26H26F2N2O5. The monoisotopic (exact) mass is 484 g/mol. The van der Waals surface area contributed by atoms with Gasteiger partial charge < -0.3 is 14.7 Å². The van der Waals surface area contributed by atoms with Crippen LogP contribution in [0.3, 0.4) is 0 Å². The molecule has 3 unspecified atom stereocenters. The largest absolute Gasteiger partial charge is 0.481 e. The summed E-state index contributed by atoms with van der Waals surface area (Å²) in [6.45, 7) is 0.0396. The lowest BCUT2D eigenvalue weighted by atomic mass is 9.68. The van der Waals surface area contributed by atoms with Crippen molar-refractivity contribution < 1.29 is 33.0 Å². The number of carboxylic acids is 1. The van der Waals surface area contributed by atoms with E-state index in [1.54, 1.807) is 4.90 Å². The summed E-state index contributed by atoms with van der Waals surface area (Å²) in [5.74, 6) is -3.71. The fourth-order valence-corrected chi connectivity index (χ4v) is 5.26. The number of fused-ring (bicyclic) bond motifs is 2. The Bertz CT molecular complexity index is 1150. The highest BCUT2D eigenvalue weighted by Crippen LogP contribution is 2.54. The zero-order valence-electron chi connectivity index (χ0n) is 19.0. The van der Waals surface area contributed by atoms with Crippen LogP contribution in [0.1, 0.15) is 55.7 Å². The van der Waals surface area contributed by atoms with Gasteiger partial charge in [-0.05, 0) is 37.3 Å². The lowest BCUT2D eigenvalue weighted by Crippen LogP contribution is -2.59. The molecule has 3 atom stereocenters. The van der Waals surface area contributed by atoms with Crippen LogP contribution >= 0.6 is 0 Å². The van der Waals surface area contributed by atoms with Gasteiger partial charge in [0.25, 0.3) is 0 Å². The van der Waals surface area contributed by atoms with Crippen molar-refractivity contribution in [3.63, 3.8) is 0 Å². The minimum atomic E-state index is -1.09. The number of halogens is 2. The maximum atomic E-state index is 14.5. The van der Waals surface area contributed by atoms with Gasteiger partial charge in [0.05, 0.1) is 18.2 Å². The maximum Gasteiger partial charge on any atom is 0.414 e. The minimum absolute atomic E-state index is 0.0396. The first kappa shape index (κ1) is 23.3. The summed E-state index contributed by atoms with van der Waals surface area (Å²) in [5.41, 5.74) is 1.36. The molecule has 0 aromatic heterocycles. The van der Waals surface area contributed by atoms with Gasteiger partial charge in [0.2, 0.25) is 5.91 Å². The number of rotatable bonds is 7. The van der Waals surface area contributed by atoms with Crippen molar-refractivity contribution in [3.05, 3.63) is 65.2 Å². The third-order valence-electron chi connectivity index (χ3n) is 7.16. The average molecular weight is 484 g/mol. The normalized spacial score (nSPS) is 22.5. The van der Waals surface area contributed by atoms with Crippen molar-refractivity contribution in [1.29, 1.82) is 0 Å². The molecule has 7 nitrogen and oxygen atoms in total. The maximum absolute atomic E-state index is 14.5. The molecule has 0 bridgehead atoms. The summed E-state index contributed by atoms with van der Waals surface area (Å²) >= 11 is 0. The van der Waals surface area contributed by atoms with Gasteiger partial charge in [0, 0.05) is 36.1 Å². The van der Waals surface area contributed by atoms with E-state index >= 15 is 0 Å². The number of ether oxygens (including phenoxy) is 1. The first-order chi connectivity index (χ1) is 16.8. The van der Waals surface area contributed by atoms with Crippen LogP contribution in [0.4, 0.5) is 19.3 Å². The Hall–Kier alpha value is -3.49. The Kier molecular flexibility index (Phi) is 6.17. The molecule has 184 valence electrons. The lowest BCUT2D eigenvalue weighted by molar-refractivity contribution is -0.143. The van der Waals surface area contributed by atoms with E-state index in [4.69, 9.17) is 9.84 Å². The summed E-state index contributed by atoms with van der Waals surface area (Å²) in [5, 5.41) is 9.05. The number of aliphatic carboxylic acids is 1. The highest BCUT2D eigenvalue weighted by molar-refractivity contribution is 5.91. The number of hydrogen-bond donors (Lipinski definition) is 1. The van der Waals surface area contributed by atoms with Gasteiger partial charge >= 0.3 is 12.1 Å². The van der Waals surface area contributed by atoms with E-state index in [-0.39, 0.29) is 49.0 Å². The van der Waals surface area contributed by atoms with Crippen LogP contribution in [0.15, 0.2) is 42.5 Å². The number of carboxylic acid groups (broad SMARTS) is 1. The van der Waals surface area contributed by atoms with Gasteiger partial charge in [-0.15, -0.1) is 0 Å². The van der Waals surface area contributed by atoms with Gasteiger partial charge in [-0.2, -0.15) is 0 Å². The van der Waals surface area contributed by atoms with Crippen LogP contribution in [0, 0.1) is 17.6 Å². The number of hydrogen-bond acceptors (Lipinski definition) is 4. The predicted molar refractivity (Wildman–Crippen MR) is 121 cm³/mol.